The van der Waals surface area contributed by atoms with Crippen LogP contribution in [-0.4, -0.2) is 29.0 Å². The molecule has 0 bridgehead atoms. The first-order valence-corrected chi connectivity index (χ1v) is 7.95. The van der Waals surface area contributed by atoms with Crippen LogP contribution in [0.15, 0.2) is 42.7 Å². The standard InChI is InChI=1S/C18H20FN3O2/c1-12(21-18(23)22(2)14-6-7-14)13-5-8-17(16(19)10-13)24-15-4-3-9-20-11-15/h3-5,8-12,14H,6-7H2,1-2H3,(H,21,23)/t12-/m0/s1. The van der Waals surface area contributed by atoms with E-state index in [-0.39, 0.29) is 17.8 Å². The Balaban J connectivity index is 1.66. The van der Waals surface area contributed by atoms with Crippen molar-refractivity contribution in [2.24, 2.45) is 0 Å². The van der Waals surface area contributed by atoms with E-state index in [0.29, 0.717) is 17.4 Å². The van der Waals surface area contributed by atoms with E-state index in [1.807, 2.05) is 6.92 Å². The number of carbonyl (C=O) groups excluding carboxylic acids is 1. The number of benzene rings is 1. The molecule has 5 nitrogen and oxygen atoms in total. The summed E-state index contributed by atoms with van der Waals surface area (Å²) in [5.74, 6) is 0.116. The van der Waals surface area contributed by atoms with Gasteiger partial charge in [0, 0.05) is 19.3 Å². The molecule has 2 aromatic rings. The van der Waals surface area contributed by atoms with Crippen molar-refractivity contribution in [3.63, 3.8) is 0 Å². The van der Waals surface area contributed by atoms with Gasteiger partial charge in [0.25, 0.3) is 0 Å². The predicted octanol–water partition coefficient (Wildman–Crippen LogP) is 3.88. The second-order valence-electron chi connectivity index (χ2n) is 5.99. The van der Waals surface area contributed by atoms with Crippen molar-refractivity contribution in [3.05, 3.63) is 54.1 Å². The van der Waals surface area contributed by atoms with E-state index in [0.717, 1.165) is 12.8 Å². The third-order valence-electron chi connectivity index (χ3n) is 4.07. The third kappa shape index (κ3) is 3.82. The minimum Gasteiger partial charge on any atom is -0.453 e. The summed E-state index contributed by atoms with van der Waals surface area (Å²) in [5, 5.41) is 2.88. The summed E-state index contributed by atoms with van der Waals surface area (Å²) in [6, 6.07) is 8.02. The molecule has 1 aromatic carbocycles. The molecule has 0 spiro atoms. The normalized spacial score (nSPS) is 14.8. The molecule has 0 unspecified atom stereocenters. The number of ether oxygens (including phenoxy) is 1. The van der Waals surface area contributed by atoms with E-state index in [2.05, 4.69) is 10.3 Å². The zero-order valence-electron chi connectivity index (χ0n) is 13.7. The Morgan fingerprint density at radius 3 is 2.83 bits per heavy atom. The smallest absolute Gasteiger partial charge is 0.317 e. The van der Waals surface area contributed by atoms with Crippen LogP contribution in [0.4, 0.5) is 9.18 Å². The van der Waals surface area contributed by atoms with Gasteiger partial charge in [-0.05, 0) is 49.6 Å². The van der Waals surface area contributed by atoms with Gasteiger partial charge in [0.2, 0.25) is 0 Å². The highest BCUT2D eigenvalue weighted by Crippen LogP contribution is 2.28. The van der Waals surface area contributed by atoms with Crippen molar-refractivity contribution in [2.45, 2.75) is 31.8 Å². The quantitative estimate of drug-likeness (QED) is 0.906. The molecule has 1 aliphatic carbocycles. The number of halogens is 1. The number of urea groups is 1. The first-order chi connectivity index (χ1) is 11.5. The fraction of sp³-hybridized carbons (Fsp3) is 0.333. The highest BCUT2D eigenvalue weighted by molar-refractivity contribution is 5.75. The maximum absolute atomic E-state index is 14.3. The minimum atomic E-state index is -0.479. The van der Waals surface area contributed by atoms with Gasteiger partial charge in [-0.1, -0.05) is 6.07 Å². The summed E-state index contributed by atoms with van der Waals surface area (Å²) in [6.45, 7) is 1.83. The number of amides is 2. The van der Waals surface area contributed by atoms with Crippen molar-refractivity contribution >= 4 is 6.03 Å². The molecular formula is C18H20FN3O2. The second-order valence-corrected chi connectivity index (χ2v) is 5.99. The van der Waals surface area contributed by atoms with Crippen LogP contribution in [0.1, 0.15) is 31.4 Å². The van der Waals surface area contributed by atoms with E-state index >= 15 is 0 Å². The van der Waals surface area contributed by atoms with Crippen LogP contribution < -0.4 is 10.1 Å². The molecule has 0 saturated heterocycles. The average Bonchev–Trinajstić information content (AvgIpc) is 3.41. The maximum Gasteiger partial charge on any atom is 0.317 e. The van der Waals surface area contributed by atoms with E-state index in [4.69, 9.17) is 4.74 Å². The summed E-state index contributed by atoms with van der Waals surface area (Å²) >= 11 is 0. The summed E-state index contributed by atoms with van der Waals surface area (Å²) in [5.41, 5.74) is 0.684. The molecule has 2 amide bonds. The van der Waals surface area contributed by atoms with E-state index in [1.54, 1.807) is 42.4 Å². The summed E-state index contributed by atoms with van der Waals surface area (Å²) < 4.78 is 19.7. The minimum absolute atomic E-state index is 0.125. The van der Waals surface area contributed by atoms with Crippen molar-refractivity contribution in [1.82, 2.24) is 15.2 Å². The zero-order chi connectivity index (χ0) is 17.1. The Hall–Kier alpha value is -2.63. The van der Waals surface area contributed by atoms with Gasteiger partial charge in [-0.15, -0.1) is 0 Å². The fourth-order valence-corrected chi connectivity index (χ4v) is 2.40. The number of hydrogen-bond acceptors (Lipinski definition) is 3. The average molecular weight is 329 g/mol. The molecule has 1 atom stereocenters. The van der Waals surface area contributed by atoms with Crippen molar-refractivity contribution in [2.75, 3.05) is 7.05 Å². The number of pyridine rings is 1. The topological polar surface area (TPSA) is 54.5 Å². The molecule has 126 valence electrons. The van der Waals surface area contributed by atoms with Crippen LogP contribution >= 0.6 is 0 Å². The number of carbonyl (C=O) groups is 1. The van der Waals surface area contributed by atoms with E-state index in [1.165, 1.54) is 12.3 Å². The molecule has 1 saturated carbocycles. The molecule has 1 heterocycles. The lowest BCUT2D eigenvalue weighted by atomic mass is 10.1. The van der Waals surface area contributed by atoms with Crippen LogP contribution in [0.3, 0.4) is 0 Å². The molecular weight excluding hydrogens is 309 g/mol. The molecule has 1 aliphatic rings. The van der Waals surface area contributed by atoms with Crippen LogP contribution in [0.25, 0.3) is 0 Å². The number of hydrogen-bond donors (Lipinski definition) is 1. The maximum atomic E-state index is 14.3. The Morgan fingerprint density at radius 2 is 2.21 bits per heavy atom. The zero-order valence-corrected chi connectivity index (χ0v) is 13.7. The highest BCUT2D eigenvalue weighted by atomic mass is 19.1. The largest absolute Gasteiger partial charge is 0.453 e. The molecule has 0 aliphatic heterocycles. The lowest BCUT2D eigenvalue weighted by Crippen LogP contribution is -2.39. The highest BCUT2D eigenvalue weighted by Gasteiger charge is 2.30. The second kappa shape index (κ2) is 6.86. The number of nitrogens with zero attached hydrogens (tertiary/aromatic N) is 2. The van der Waals surface area contributed by atoms with Crippen LogP contribution in [0.5, 0.6) is 11.5 Å². The van der Waals surface area contributed by atoms with Crippen molar-refractivity contribution < 1.29 is 13.9 Å². The number of aromatic nitrogens is 1. The Labute approximate surface area is 140 Å². The molecule has 1 N–H and O–H groups in total. The monoisotopic (exact) mass is 329 g/mol. The van der Waals surface area contributed by atoms with Crippen LogP contribution in [0, 0.1) is 5.82 Å². The van der Waals surface area contributed by atoms with Crippen LogP contribution in [-0.2, 0) is 0 Å². The molecule has 1 fully saturated rings. The van der Waals surface area contributed by atoms with Gasteiger partial charge in [0.1, 0.15) is 5.75 Å². The Morgan fingerprint density at radius 1 is 1.42 bits per heavy atom. The number of rotatable bonds is 5. The lowest BCUT2D eigenvalue weighted by molar-refractivity contribution is 0.203. The van der Waals surface area contributed by atoms with Crippen molar-refractivity contribution in [1.29, 1.82) is 0 Å². The lowest BCUT2D eigenvalue weighted by Gasteiger charge is -2.21. The third-order valence-corrected chi connectivity index (χ3v) is 4.07. The van der Waals surface area contributed by atoms with Gasteiger partial charge in [0.15, 0.2) is 11.6 Å². The first kappa shape index (κ1) is 16.2. The van der Waals surface area contributed by atoms with Gasteiger partial charge in [0.05, 0.1) is 12.2 Å². The molecule has 3 rings (SSSR count). The SMILES string of the molecule is C[C@H](NC(=O)N(C)C1CC1)c1ccc(Oc2cccnc2)c(F)c1. The Bertz CT molecular complexity index is 719. The summed E-state index contributed by atoms with van der Waals surface area (Å²) in [7, 11) is 1.78. The fourth-order valence-electron chi connectivity index (χ4n) is 2.40. The van der Waals surface area contributed by atoms with E-state index < -0.39 is 5.82 Å². The summed E-state index contributed by atoms with van der Waals surface area (Å²) in [4.78, 5) is 17.7. The Kier molecular flexibility index (Phi) is 4.64. The first-order valence-electron chi connectivity index (χ1n) is 7.95. The molecule has 1 aromatic heterocycles. The van der Waals surface area contributed by atoms with Crippen molar-refractivity contribution in [3.8, 4) is 11.5 Å². The summed E-state index contributed by atoms with van der Waals surface area (Å²) in [6.07, 6.45) is 5.24. The van der Waals surface area contributed by atoms with E-state index in [9.17, 15) is 9.18 Å². The van der Waals surface area contributed by atoms with Crippen LogP contribution in [0.2, 0.25) is 0 Å². The molecule has 6 heteroatoms. The number of nitrogens with one attached hydrogen (secondary N) is 1. The molecule has 24 heavy (non-hydrogen) atoms. The van der Waals surface area contributed by atoms with Gasteiger partial charge in [-0.2, -0.15) is 0 Å². The molecule has 0 radical (unpaired) electrons. The van der Waals surface area contributed by atoms with Gasteiger partial charge in [-0.3, -0.25) is 4.98 Å². The van der Waals surface area contributed by atoms with Gasteiger partial charge >= 0.3 is 6.03 Å². The predicted molar refractivity (Wildman–Crippen MR) is 88.4 cm³/mol. The van der Waals surface area contributed by atoms with Gasteiger partial charge in [-0.25, -0.2) is 9.18 Å². The van der Waals surface area contributed by atoms with Gasteiger partial charge < -0.3 is 15.0 Å².